The zero-order chi connectivity index (χ0) is 5.28. The molecule has 1 aliphatic rings. The topological polar surface area (TPSA) is 85.7 Å². The molecule has 0 aromatic rings. The Balaban J connectivity index is 2.42. The highest BCUT2D eigenvalue weighted by Crippen LogP contribution is 1.84. The van der Waals surface area contributed by atoms with Crippen LogP contribution in [0.2, 0.25) is 0 Å². The number of hydrogen-bond donors (Lipinski definition) is 3. The largest absolute Gasteiger partial charge is 0.425 e. The third kappa shape index (κ3) is 0.716. The van der Waals surface area contributed by atoms with E-state index in [1.54, 1.807) is 0 Å². The fraction of sp³-hybridized carbons (Fsp3) is 0.500. The van der Waals surface area contributed by atoms with E-state index in [1.807, 2.05) is 0 Å². The van der Waals surface area contributed by atoms with Gasteiger partial charge in [-0.15, -0.1) is 5.10 Å². The van der Waals surface area contributed by atoms with Gasteiger partial charge in [-0.05, 0) is 0 Å². The van der Waals surface area contributed by atoms with Crippen molar-refractivity contribution in [1.82, 2.24) is 5.43 Å². The van der Waals surface area contributed by atoms with Crippen molar-refractivity contribution in [2.24, 2.45) is 16.6 Å². The smallest absolute Gasteiger partial charge is 0.306 e. The van der Waals surface area contributed by atoms with Crippen LogP contribution in [0.1, 0.15) is 0 Å². The van der Waals surface area contributed by atoms with Crippen molar-refractivity contribution >= 4 is 6.02 Å². The van der Waals surface area contributed by atoms with Gasteiger partial charge in [0.25, 0.3) is 0 Å². The van der Waals surface area contributed by atoms with Gasteiger partial charge in [0.05, 0.1) is 0 Å². The molecule has 1 rings (SSSR count). The summed E-state index contributed by atoms with van der Waals surface area (Å²) < 4.78 is 4.56. The highest BCUT2D eigenvalue weighted by atomic mass is 16.5. The van der Waals surface area contributed by atoms with Crippen LogP contribution < -0.4 is 16.9 Å². The Morgan fingerprint density at radius 2 is 2.57 bits per heavy atom. The number of amidine groups is 1. The normalized spacial score (nSPS) is 28.1. The van der Waals surface area contributed by atoms with Gasteiger partial charge in [0, 0.05) is 0 Å². The standard InChI is InChI=1S/C2H6N4O/c3-1-5-6-2(4)7-1/h1,5H,3H2,(H2,4,6). The van der Waals surface area contributed by atoms with Crippen molar-refractivity contribution < 1.29 is 4.74 Å². The summed E-state index contributed by atoms with van der Waals surface area (Å²) in [6.07, 6.45) is -0.556. The molecule has 0 amide bonds. The molecule has 1 atom stereocenters. The number of ether oxygens (including phenoxy) is 1. The summed E-state index contributed by atoms with van der Waals surface area (Å²) in [5.41, 5.74) is 12.5. The number of nitrogens with two attached hydrogens (primary N) is 2. The Hall–Kier alpha value is -0.970. The van der Waals surface area contributed by atoms with Crippen LogP contribution in [0.25, 0.3) is 0 Å². The monoisotopic (exact) mass is 102 g/mol. The fourth-order valence-electron chi connectivity index (χ4n) is 0.310. The van der Waals surface area contributed by atoms with E-state index in [1.165, 1.54) is 0 Å². The summed E-state index contributed by atoms with van der Waals surface area (Å²) in [5.74, 6) is 0. The third-order valence-electron chi connectivity index (χ3n) is 0.550. The number of hydrazone groups is 1. The number of nitrogens with zero attached hydrogens (tertiary/aromatic N) is 1. The molecule has 5 heteroatoms. The molecule has 0 spiro atoms. The van der Waals surface area contributed by atoms with Crippen LogP contribution in [-0.2, 0) is 4.74 Å². The molecule has 0 saturated heterocycles. The molecule has 0 bridgehead atoms. The molecule has 0 aliphatic carbocycles. The summed E-state index contributed by atoms with van der Waals surface area (Å²) in [7, 11) is 0. The van der Waals surface area contributed by atoms with E-state index in [4.69, 9.17) is 11.5 Å². The molecule has 5 nitrogen and oxygen atoms in total. The molecule has 1 unspecified atom stereocenters. The first-order valence-corrected chi connectivity index (χ1v) is 1.80. The average molecular weight is 102 g/mol. The lowest BCUT2D eigenvalue weighted by molar-refractivity contribution is 0.193. The van der Waals surface area contributed by atoms with Crippen LogP contribution in [-0.4, -0.2) is 12.4 Å². The van der Waals surface area contributed by atoms with Gasteiger partial charge in [-0.2, -0.15) is 0 Å². The molecule has 1 heterocycles. The van der Waals surface area contributed by atoms with Gasteiger partial charge < -0.3 is 10.5 Å². The van der Waals surface area contributed by atoms with Crippen LogP contribution in [0, 0.1) is 0 Å². The third-order valence-corrected chi connectivity index (χ3v) is 0.550. The van der Waals surface area contributed by atoms with E-state index in [0.717, 1.165) is 0 Å². The molecule has 40 valence electrons. The lowest BCUT2D eigenvalue weighted by Gasteiger charge is -1.98. The van der Waals surface area contributed by atoms with Gasteiger partial charge in [-0.1, -0.05) is 0 Å². The van der Waals surface area contributed by atoms with Gasteiger partial charge >= 0.3 is 6.02 Å². The van der Waals surface area contributed by atoms with Gasteiger partial charge in [0.1, 0.15) is 0 Å². The van der Waals surface area contributed by atoms with Crippen LogP contribution in [0.15, 0.2) is 5.10 Å². The highest BCUT2D eigenvalue weighted by molar-refractivity contribution is 5.72. The van der Waals surface area contributed by atoms with Gasteiger partial charge in [-0.3, -0.25) is 11.2 Å². The highest BCUT2D eigenvalue weighted by Gasteiger charge is 2.08. The SMILES string of the molecule is NC1=NNC(N)O1. The first-order chi connectivity index (χ1) is 3.29. The maximum Gasteiger partial charge on any atom is 0.306 e. The van der Waals surface area contributed by atoms with Crippen LogP contribution in [0.4, 0.5) is 0 Å². The van der Waals surface area contributed by atoms with Crippen LogP contribution >= 0.6 is 0 Å². The van der Waals surface area contributed by atoms with E-state index in [0.29, 0.717) is 0 Å². The Kier molecular flexibility index (Phi) is 0.759. The van der Waals surface area contributed by atoms with E-state index in [9.17, 15) is 0 Å². The van der Waals surface area contributed by atoms with E-state index in [2.05, 4.69) is 15.3 Å². The first-order valence-electron chi connectivity index (χ1n) is 1.80. The Morgan fingerprint density at radius 3 is 2.71 bits per heavy atom. The molecular weight excluding hydrogens is 96.0 g/mol. The summed E-state index contributed by atoms with van der Waals surface area (Å²) in [4.78, 5) is 0. The van der Waals surface area contributed by atoms with Crippen molar-refractivity contribution in [2.75, 3.05) is 0 Å². The second-order valence-electron chi connectivity index (χ2n) is 1.12. The van der Waals surface area contributed by atoms with E-state index in [-0.39, 0.29) is 6.02 Å². The number of hydrogen-bond acceptors (Lipinski definition) is 5. The lowest BCUT2D eigenvalue weighted by atomic mass is 11.0. The quantitative estimate of drug-likeness (QED) is 0.333. The molecular formula is C2H6N4O. The minimum atomic E-state index is -0.556. The van der Waals surface area contributed by atoms with Crippen LogP contribution in [0.3, 0.4) is 0 Å². The minimum Gasteiger partial charge on any atom is -0.425 e. The zero-order valence-corrected chi connectivity index (χ0v) is 3.59. The Morgan fingerprint density at radius 1 is 1.86 bits per heavy atom. The zero-order valence-electron chi connectivity index (χ0n) is 3.59. The second-order valence-corrected chi connectivity index (χ2v) is 1.12. The average Bonchev–Trinajstić information content (AvgIpc) is 1.87. The number of rotatable bonds is 0. The molecule has 0 saturated carbocycles. The Bertz CT molecular complexity index is 99.9. The molecule has 0 radical (unpaired) electrons. The molecule has 7 heavy (non-hydrogen) atoms. The summed E-state index contributed by atoms with van der Waals surface area (Å²) in [5, 5.41) is 3.41. The van der Waals surface area contributed by atoms with Crippen LogP contribution in [0.5, 0.6) is 0 Å². The lowest BCUT2D eigenvalue weighted by Crippen LogP contribution is -2.32. The Labute approximate surface area is 40.3 Å². The fourth-order valence-corrected chi connectivity index (χ4v) is 0.310. The second kappa shape index (κ2) is 1.27. The van der Waals surface area contributed by atoms with Crippen molar-refractivity contribution in [3.05, 3.63) is 0 Å². The predicted octanol–water partition coefficient (Wildman–Crippen LogP) is -1.92. The maximum atomic E-state index is 5.10. The summed E-state index contributed by atoms with van der Waals surface area (Å²) in [6.45, 7) is 0. The predicted molar refractivity (Wildman–Crippen MR) is 23.8 cm³/mol. The van der Waals surface area contributed by atoms with E-state index >= 15 is 0 Å². The summed E-state index contributed by atoms with van der Waals surface area (Å²) in [6, 6.07) is 0.0903. The molecule has 5 N–H and O–H groups in total. The molecule has 0 fully saturated rings. The molecule has 0 aromatic carbocycles. The van der Waals surface area contributed by atoms with Crippen molar-refractivity contribution in [1.29, 1.82) is 0 Å². The van der Waals surface area contributed by atoms with Crippen molar-refractivity contribution in [3.63, 3.8) is 0 Å². The minimum absolute atomic E-state index is 0.0903. The van der Waals surface area contributed by atoms with Gasteiger partial charge in [0.15, 0.2) is 0 Å². The van der Waals surface area contributed by atoms with Gasteiger partial charge in [0.2, 0.25) is 6.35 Å². The first kappa shape index (κ1) is 4.20. The van der Waals surface area contributed by atoms with Crippen molar-refractivity contribution in [2.45, 2.75) is 6.35 Å². The van der Waals surface area contributed by atoms with Gasteiger partial charge in [-0.25, -0.2) is 0 Å². The van der Waals surface area contributed by atoms with E-state index < -0.39 is 6.35 Å². The number of nitrogens with one attached hydrogen (secondary N) is 1. The summed E-state index contributed by atoms with van der Waals surface area (Å²) >= 11 is 0. The molecule has 0 aromatic heterocycles. The molecule has 1 aliphatic heterocycles. The van der Waals surface area contributed by atoms with Crippen molar-refractivity contribution in [3.8, 4) is 0 Å². The maximum absolute atomic E-state index is 5.10.